The smallest absolute Gasteiger partial charge is 0.308 e. The number of carbonyl (C=O) groups is 2. The molecule has 0 saturated heterocycles. The summed E-state index contributed by atoms with van der Waals surface area (Å²) in [6.45, 7) is 3.12. The third kappa shape index (κ3) is 6.69. The summed E-state index contributed by atoms with van der Waals surface area (Å²) in [6.07, 6.45) is -0.319. The van der Waals surface area contributed by atoms with E-state index in [9.17, 15) is 18.0 Å². The van der Waals surface area contributed by atoms with Crippen LogP contribution in [0.15, 0.2) is 65.6 Å². The first-order valence-electron chi connectivity index (χ1n) is 9.25. The van der Waals surface area contributed by atoms with Gasteiger partial charge in [-0.25, -0.2) is 8.42 Å². The van der Waals surface area contributed by atoms with Crippen LogP contribution in [0.1, 0.15) is 31.9 Å². The Labute approximate surface area is 171 Å². The molecule has 0 spiro atoms. The monoisotopic (exact) mass is 418 g/mol. The number of hydrogen-bond donors (Lipinski definition) is 1. The number of sulfonamides is 1. The molecule has 1 unspecified atom stereocenters. The van der Waals surface area contributed by atoms with Crippen molar-refractivity contribution < 1.29 is 22.7 Å². The quantitative estimate of drug-likeness (QED) is 0.632. The molecular weight excluding hydrogens is 392 g/mol. The molecule has 29 heavy (non-hydrogen) atoms. The standard InChI is InChI=1S/C21H26N2O5S/c1-16(2)28-21(25)14-19(17-10-6-4-7-11-17)22-20(24)15-23(3)29(26,27)18-12-8-5-9-13-18/h4-13,16,19H,14-15H2,1-3H3,(H,22,24). The number of amides is 1. The Balaban J connectivity index is 2.10. The number of rotatable bonds is 9. The second-order valence-corrected chi connectivity index (χ2v) is 8.89. The minimum absolute atomic E-state index is 0.0525. The fourth-order valence-electron chi connectivity index (χ4n) is 2.71. The van der Waals surface area contributed by atoms with E-state index in [2.05, 4.69) is 5.32 Å². The van der Waals surface area contributed by atoms with E-state index >= 15 is 0 Å². The summed E-state index contributed by atoms with van der Waals surface area (Å²) in [5.74, 6) is -0.961. The Morgan fingerprint density at radius 2 is 1.55 bits per heavy atom. The van der Waals surface area contributed by atoms with Crippen LogP contribution in [0.3, 0.4) is 0 Å². The molecule has 8 heteroatoms. The molecule has 1 atom stereocenters. The normalized spacial score (nSPS) is 12.6. The number of hydrogen-bond acceptors (Lipinski definition) is 5. The fourth-order valence-corrected chi connectivity index (χ4v) is 3.86. The van der Waals surface area contributed by atoms with Crippen LogP contribution in [-0.4, -0.2) is 44.3 Å². The maximum Gasteiger partial charge on any atom is 0.308 e. The van der Waals surface area contributed by atoms with Crippen molar-refractivity contribution in [3.63, 3.8) is 0 Å². The van der Waals surface area contributed by atoms with Crippen LogP contribution in [0.25, 0.3) is 0 Å². The van der Waals surface area contributed by atoms with Crippen LogP contribution >= 0.6 is 0 Å². The van der Waals surface area contributed by atoms with Gasteiger partial charge in [-0.15, -0.1) is 0 Å². The lowest BCUT2D eigenvalue weighted by Gasteiger charge is -2.22. The Kier molecular flexibility index (Phi) is 7.92. The third-order valence-corrected chi connectivity index (χ3v) is 5.91. The summed E-state index contributed by atoms with van der Waals surface area (Å²) in [5, 5.41) is 2.75. The van der Waals surface area contributed by atoms with Gasteiger partial charge in [-0.2, -0.15) is 4.31 Å². The first kappa shape index (κ1) is 22.6. The van der Waals surface area contributed by atoms with Crippen molar-refractivity contribution in [2.45, 2.75) is 37.3 Å². The number of benzene rings is 2. The van der Waals surface area contributed by atoms with Gasteiger partial charge in [0.25, 0.3) is 0 Å². The molecule has 0 saturated carbocycles. The largest absolute Gasteiger partial charge is 0.463 e. The average molecular weight is 419 g/mol. The summed E-state index contributed by atoms with van der Waals surface area (Å²) in [5.41, 5.74) is 0.732. The highest BCUT2D eigenvalue weighted by molar-refractivity contribution is 7.89. The van der Waals surface area contributed by atoms with Crippen molar-refractivity contribution in [3.05, 3.63) is 66.2 Å². The van der Waals surface area contributed by atoms with Crippen LogP contribution in [0.2, 0.25) is 0 Å². The van der Waals surface area contributed by atoms with E-state index in [1.165, 1.54) is 19.2 Å². The van der Waals surface area contributed by atoms with E-state index < -0.39 is 27.9 Å². The lowest BCUT2D eigenvalue weighted by molar-refractivity contribution is -0.148. The summed E-state index contributed by atoms with van der Waals surface area (Å²) >= 11 is 0. The van der Waals surface area contributed by atoms with Gasteiger partial charge >= 0.3 is 5.97 Å². The Hall–Kier alpha value is -2.71. The Morgan fingerprint density at radius 3 is 2.10 bits per heavy atom. The fraction of sp³-hybridized carbons (Fsp3) is 0.333. The predicted molar refractivity (Wildman–Crippen MR) is 109 cm³/mol. The molecule has 1 amide bonds. The van der Waals surface area contributed by atoms with Crippen molar-refractivity contribution >= 4 is 21.9 Å². The van der Waals surface area contributed by atoms with Gasteiger partial charge < -0.3 is 10.1 Å². The van der Waals surface area contributed by atoms with E-state index in [0.29, 0.717) is 0 Å². The molecule has 0 radical (unpaired) electrons. The van der Waals surface area contributed by atoms with E-state index in [1.54, 1.807) is 56.3 Å². The van der Waals surface area contributed by atoms with Crippen molar-refractivity contribution in [3.8, 4) is 0 Å². The highest BCUT2D eigenvalue weighted by Crippen LogP contribution is 2.18. The van der Waals surface area contributed by atoms with Crippen molar-refractivity contribution in [1.82, 2.24) is 9.62 Å². The highest BCUT2D eigenvalue weighted by Gasteiger charge is 2.25. The van der Waals surface area contributed by atoms with Gasteiger partial charge in [0.05, 0.1) is 30.0 Å². The average Bonchev–Trinajstić information content (AvgIpc) is 2.68. The van der Waals surface area contributed by atoms with Crippen LogP contribution in [-0.2, 0) is 24.3 Å². The van der Waals surface area contributed by atoms with Gasteiger partial charge in [-0.05, 0) is 31.5 Å². The summed E-state index contributed by atoms with van der Waals surface area (Å²) in [7, 11) is -2.45. The molecule has 7 nitrogen and oxygen atoms in total. The van der Waals surface area contributed by atoms with E-state index in [-0.39, 0.29) is 24.0 Å². The summed E-state index contributed by atoms with van der Waals surface area (Å²) in [4.78, 5) is 24.8. The van der Waals surface area contributed by atoms with E-state index in [4.69, 9.17) is 4.74 Å². The molecule has 2 aromatic carbocycles. The number of ether oxygens (including phenoxy) is 1. The molecule has 2 aromatic rings. The van der Waals surface area contributed by atoms with Gasteiger partial charge in [0.2, 0.25) is 15.9 Å². The second kappa shape index (κ2) is 10.2. The second-order valence-electron chi connectivity index (χ2n) is 6.85. The highest BCUT2D eigenvalue weighted by atomic mass is 32.2. The van der Waals surface area contributed by atoms with Crippen LogP contribution in [0, 0.1) is 0 Å². The number of nitrogens with one attached hydrogen (secondary N) is 1. The van der Waals surface area contributed by atoms with Gasteiger partial charge in [0.15, 0.2) is 0 Å². The molecule has 0 aliphatic carbocycles. The number of likely N-dealkylation sites (N-methyl/N-ethyl adjacent to an activating group) is 1. The molecule has 2 rings (SSSR count). The molecule has 0 fully saturated rings. The van der Waals surface area contributed by atoms with Crippen LogP contribution < -0.4 is 5.32 Å². The maximum atomic E-state index is 12.6. The van der Waals surface area contributed by atoms with Crippen molar-refractivity contribution in [2.75, 3.05) is 13.6 Å². The van der Waals surface area contributed by atoms with Crippen LogP contribution in [0.5, 0.6) is 0 Å². The van der Waals surface area contributed by atoms with Gasteiger partial charge in [-0.3, -0.25) is 9.59 Å². The predicted octanol–water partition coefficient (Wildman–Crippen LogP) is 2.51. The lowest BCUT2D eigenvalue weighted by atomic mass is 10.0. The zero-order valence-electron chi connectivity index (χ0n) is 16.7. The number of esters is 1. The van der Waals surface area contributed by atoms with Gasteiger partial charge in [0.1, 0.15) is 0 Å². The SMILES string of the molecule is CC(C)OC(=O)CC(NC(=O)CN(C)S(=O)(=O)c1ccccc1)c1ccccc1. The molecule has 156 valence electrons. The number of nitrogens with zero attached hydrogens (tertiary/aromatic N) is 1. The first-order valence-corrected chi connectivity index (χ1v) is 10.7. The first-order chi connectivity index (χ1) is 13.7. The minimum atomic E-state index is -3.79. The van der Waals surface area contributed by atoms with Gasteiger partial charge in [0, 0.05) is 7.05 Å². The third-order valence-electron chi connectivity index (χ3n) is 4.09. The van der Waals surface area contributed by atoms with Crippen LogP contribution in [0.4, 0.5) is 0 Å². The summed E-state index contributed by atoms with van der Waals surface area (Å²) in [6, 6.07) is 16.3. The van der Waals surface area contributed by atoms with Crippen molar-refractivity contribution in [2.24, 2.45) is 0 Å². The van der Waals surface area contributed by atoms with E-state index in [1.807, 2.05) is 6.07 Å². The number of carbonyl (C=O) groups excluding carboxylic acids is 2. The van der Waals surface area contributed by atoms with Gasteiger partial charge in [-0.1, -0.05) is 48.5 Å². The Morgan fingerprint density at radius 1 is 1.00 bits per heavy atom. The molecule has 0 aliphatic rings. The van der Waals surface area contributed by atoms with E-state index in [0.717, 1.165) is 9.87 Å². The maximum absolute atomic E-state index is 12.6. The molecular formula is C21H26N2O5S. The topological polar surface area (TPSA) is 92.8 Å². The molecule has 0 heterocycles. The molecule has 1 N–H and O–H groups in total. The Bertz CT molecular complexity index is 915. The zero-order chi connectivity index (χ0) is 21.4. The molecule has 0 aliphatic heterocycles. The van der Waals surface area contributed by atoms with Crippen molar-refractivity contribution in [1.29, 1.82) is 0 Å². The lowest BCUT2D eigenvalue weighted by Crippen LogP contribution is -2.40. The minimum Gasteiger partial charge on any atom is -0.463 e. The summed E-state index contributed by atoms with van der Waals surface area (Å²) < 4.78 is 31.3. The zero-order valence-corrected chi connectivity index (χ0v) is 17.6. The molecule has 0 aromatic heterocycles. The molecule has 0 bridgehead atoms.